The molecule has 1 amide bonds. The van der Waals surface area contributed by atoms with Crippen molar-refractivity contribution in [2.24, 2.45) is 5.41 Å². The highest BCUT2D eigenvalue weighted by Gasteiger charge is 2.44. The molecule has 2 saturated heterocycles. The third kappa shape index (κ3) is 3.06. The maximum Gasteiger partial charge on any atom is 0.320 e. The Morgan fingerprint density at radius 1 is 1.28 bits per heavy atom. The standard InChI is InChI=1S/C17H22N4O4/c22-14-11(8-18-13(20-14)10-1-2-10)15(23)21-5-3-17(4-6-21)7-12(16(24)25)19-9-17/h8,10,12,19H,1-7,9H2,(H,24,25)(H,18,20,22)/t12-/m0/s1. The fraction of sp³-hybridized carbons (Fsp3) is 0.647. The van der Waals surface area contributed by atoms with Crippen LogP contribution in [0.15, 0.2) is 11.0 Å². The molecule has 0 bridgehead atoms. The number of aromatic nitrogens is 2. The topological polar surface area (TPSA) is 115 Å². The Morgan fingerprint density at radius 2 is 2.00 bits per heavy atom. The number of hydrogen-bond acceptors (Lipinski definition) is 5. The molecule has 3 aliphatic rings. The number of aliphatic carboxylic acids is 1. The molecule has 8 heteroatoms. The van der Waals surface area contributed by atoms with Crippen LogP contribution >= 0.6 is 0 Å². The summed E-state index contributed by atoms with van der Waals surface area (Å²) in [6.45, 7) is 1.75. The van der Waals surface area contributed by atoms with Gasteiger partial charge in [0.1, 0.15) is 17.4 Å². The van der Waals surface area contributed by atoms with Crippen molar-refractivity contribution < 1.29 is 14.7 Å². The van der Waals surface area contributed by atoms with Gasteiger partial charge in [0.25, 0.3) is 11.5 Å². The first-order valence-corrected chi connectivity index (χ1v) is 8.82. The number of aromatic amines is 1. The minimum absolute atomic E-state index is 0.0552. The van der Waals surface area contributed by atoms with Crippen molar-refractivity contribution in [3.63, 3.8) is 0 Å². The van der Waals surface area contributed by atoms with Gasteiger partial charge in [0.2, 0.25) is 0 Å². The Bertz CT molecular complexity index is 762. The minimum atomic E-state index is -0.816. The summed E-state index contributed by atoms with van der Waals surface area (Å²) in [5.74, 6) is -0.0879. The molecule has 3 fully saturated rings. The summed E-state index contributed by atoms with van der Waals surface area (Å²) >= 11 is 0. The number of likely N-dealkylation sites (tertiary alicyclic amines) is 1. The maximum atomic E-state index is 12.6. The smallest absolute Gasteiger partial charge is 0.320 e. The second-order valence-electron chi connectivity index (χ2n) is 7.55. The molecular formula is C17H22N4O4. The summed E-state index contributed by atoms with van der Waals surface area (Å²) in [6.07, 6.45) is 5.58. The van der Waals surface area contributed by atoms with Crippen LogP contribution in [-0.4, -0.2) is 57.5 Å². The van der Waals surface area contributed by atoms with Crippen molar-refractivity contribution in [1.29, 1.82) is 0 Å². The Balaban J connectivity index is 1.42. The van der Waals surface area contributed by atoms with Crippen LogP contribution < -0.4 is 10.9 Å². The summed E-state index contributed by atoms with van der Waals surface area (Å²) < 4.78 is 0. The summed E-state index contributed by atoms with van der Waals surface area (Å²) in [4.78, 5) is 44.6. The number of carboxylic acid groups (broad SMARTS) is 1. The van der Waals surface area contributed by atoms with Crippen LogP contribution in [-0.2, 0) is 4.79 Å². The number of amides is 1. The zero-order chi connectivity index (χ0) is 17.6. The first-order valence-electron chi connectivity index (χ1n) is 8.82. The molecule has 1 saturated carbocycles. The Labute approximate surface area is 144 Å². The number of H-pyrrole nitrogens is 1. The minimum Gasteiger partial charge on any atom is -0.480 e. The van der Waals surface area contributed by atoms with Gasteiger partial charge < -0.3 is 20.3 Å². The van der Waals surface area contributed by atoms with E-state index >= 15 is 0 Å². The molecule has 134 valence electrons. The van der Waals surface area contributed by atoms with Crippen molar-refractivity contribution in [2.45, 2.75) is 44.1 Å². The predicted molar refractivity (Wildman–Crippen MR) is 88.4 cm³/mol. The van der Waals surface area contributed by atoms with Crippen LogP contribution in [0, 0.1) is 5.41 Å². The molecule has 1 spiro atoms. The van der Waals surface area contributed by atoms with E-state index in [0.29, 0.717) is 37.8 Å². The van der Waals surface area contributed by atoms with E-state index in [9.17, 15) is 14.4 Å². The van der Waals surface area contributed by atoms with Crippen molar-refractivity contribution in [3.05, 3.63) is 27.9 Å². The molecule has 1 aromatic rings. The highest BCUT2D eigenvalue weighted by molar-refractivity contribution is 5.93. The Morgan fingerprint density at radius 3 is 2.56 bits per heavy atom. The maximum absolute atomic E-state index is 12.6. The predicted octanol–water partition coefficient (Wildman–Crippen LogP) is 0.316. The van der Waals surface area contributed by atoms with Crippen LogP contribution in [0.1, 0.15) is 54.2 Å². The highest BCUT2D eigenvalue weighted by atomic mass is 16.4. The molecule has 0 aromatic carbocycles. The zero-order valence-electron chi connectivity index (χ0n) is 14.0. The van der Waals surface area contributed by atoms with Gasteiger partial charge in [-0.15, -0.1) is 0 Å². The normalized spacial score (nSPS) is 25.3. The fourth-order valence-electron chi connectivity index (χ4n) is 3.95. The SMILES string of the molecule is O=C(O)[C@@H]1CC2(CCN(C(=O)c3cnc(C4CC4)[nH]c3=O)CC2)CN1. The van der Waals surface area contributed by atoms with Crippen molar-refractivity contribution in [1.82, 2.24) is 20.2 Å². The number of hydrogen-bond donors (Lipinski definition) is 3. The second-order valence-corrected chi connectivity index (χ2v) is 7.55. The van der Waals surface area contributed by atoms with E-state index in [2.05, 4.69) is 15.3 Å². The lowest BCUT2D eigenvalue weighted by molar-refractivity contribution is -0.139. The summed E-state index contributed by atoms with van der Waals surface area (Å²) in [5, 5.41) is 12.2. The highest BCUT2D eigenvalue weighted by Crippen LogP contribution is 2.40. The van der Waals surface area contributed by atoms with Crippen molar-refractivity contribution in [3.8, 4) is 0 Å². The summed E-state index contributed by atoms with van der Waals surface area (Å²) in [5.41, 5.74) is -0.329. The van der Waals surface area contributed by atoms with Crippen LogP contribution in [0.25, 0.3) is 0 Å². The lowest BCUT2D eigenvalue weighted by atomic mass is 9.76. The first-order chi connectivity index (χ1) is 12.0. The van der Waals surface area contributed by atoms with E-state index in [0.717, 1.165) is 25.7 Å². The van der Waals surface area contributed by atoms with E-state index in [1.807, 2.05) is 0 Å². The van der Waals surface area contributed by atoms with E-state index in [4.69, 9.17) is 5.11 Å². The van der Waals surface area contributed by atoms with Gasteiger partial charge in [0, 0.05) is 31.7 Å². The molecule has 0 radical (unpaired) electrons. The number of carboxylic acids is 1. The molecule has 1 atom stereocenters. The van der Waals surface area contributed by atoms with Crippen LogP contribution in [0.4, 0.5) is 0 Å². The average molecular weight is 346 g/mol. The summed E-state index contributed by atoms with van der Waals surface area (Å²) in [7, 11) is 0. The monoisotopic (exact) mass is 346 g/mol. The number of rotatable bonds is 3. The average Bonchev–Trinajstić information content (AvgIpc) is 3.37. The van der Waals surface area contributed by atoms with E-state index in [1.54, 1.807) is 4.90 Å². The Kier molecular flexibility index (Phi) is 3.87. The molecule has 8 nitrogen and oxygen atoms in total. The van der Waals surface area contributed by atoms with Crippen LogP contribution in [0.3, 0.4) is 0 Å². The van der Waals surface area contributed by atoms with Gasteiger partial charge in [-0.05, 0) is 37.5 Å². The van der Waals surface area contributed by atoms with E-state index < -0.39 is 12.0 Å². The number of piperidine rings is 1. The molecule has 2 aliphatic heterocycles. The van der Waals surface area contributed by atoms with Gasteiger partial charge in [0.15, 0.2) is 0 Å². The zero-order valence-corrected chi connectivity index (χ0v) is 14.0. The molecule has 4 rings (SSSR count). The van der Waals surface area contributed by atoms with Crippen LogP contribution in [0.2, 0.25) is 0 Å². The third-order valence-electron chi connectivity index (χ3n) is 5.78. The Hall–Kier alpha value is -2.22. The molecule has 1 aromatic heterocycles. The molecule has 1 aliphatic carbocycles. The molecule has 25 heavy (non-hydrogen) atoms. The summed E-state index contributed by atoms with van der Waals surface area (Å²) in [6, 6.07) is -0.496. The van der Waals surface area contributed by atoms with Crippen molar-refractivity contribution in [2.75, 3.05) is 19.6 Å². The van der Waals surface area contributed by atoms with E-state index in [1.165, 1.54) is 6.20 Å². The second kappa shape index (κ2) is 5.94. The largest absolute Gasteiger partial charge is 0.480 e. The molecule has 3 heterocycles. The fourth-order valence-corrected chi connectivity index (χ4v) is 3.95. The van der Waals surface area contributed by atoms with Gasteiger partial charge in [-0.3, -0.25) is 14.4 Å². The van der Waals surface area contributed by atoms with Gasteiger partial charge in [0.05, 0.1) is 0 Å². The quantitative estimate of drug-likeness (QED) is 0.726. The first kappa shape index (κ1) is 16.3. The number of carbonyl (C=O) groups is 2. The third-order valence-corrected chi connectivity index (χ3v) is 5.78. The van der Waals surface area contributed by atoms with Gasteiger partial charge >= 0.3 is 5.97 Å². The molecule has 0 unspecified atom stereocenters. The van der Waals surface area contributed by atoms with Gasteiger partial charge in [-0.2, -0.15) is 0 Å². The molecule has 3 N–H and O–H groups in total. The van der Waals surface area contributed by atoms with Gasteiger partial charge in [-0.1, -0.05) is 0 Å². The number of carbonyl (C=O) groups excluding carboxylic acids is 1. The van der Waals surface area contributed by atoms with E-state index in [-0.39, 0.29) is 22.4 Å². The van der Waals surface area contributed by atoms with Crippen molar-refractivity contribution >= 4 is 11.9 Å². The van der Waals surface area contributed by atoms with Gasteiger partial charge in [-0.25, -0.2) is 4.98 Å². The lowest BCUT2D eigenvalue weighted by Gasteiger charge is -2.38. The lowest BCUT2D eigenvalue weighted by Crippen LogP contribution is -2.45. The number of nitrogens with one attached hydrogen (secondary N) is 2. The molecular weight excluding hydrogens is 324 g/mol. The van der Waals surface area contributed by atoms with Crippen LogP contribution in [0.5, 0.6) is 0 Å². The number of nitrogens with zero attached hydrogens (tertiary/aromatic N) is 2.